The number of amides is 2. The lowest BCUT2D eigenvalue weighted by Crippen LogP contribution is -2.39. The predicted octanol–water partition coefficient (Wildman–Crippen LogP) is 5.64. The monoisotopic (exact) mass is 678 g/mol. The highest BCUT2D eigenvalue weighted by atomic mass is 16.6. The van der Waals surface area contributed by atoms with Gasteiger partial charge in [-0.3, -0.25) is 24.5 Å². The van der Waals surface area contributed by atoms with Crippen molar-refractivity contribution in [2.45, 2.75) is 71.4 Å². The number of nitrogens with zero attached hydrogens (tertiary/aromatic N) is 3. The molecule has 2 aromatic rings. The van der Waals surface area contributed by atoms with Crippen LogP contribution in [0.15, 0.2) is 48.6 Å². The van der Waals surface area contributed by atoms with E-state index < -0.39 is 22.8 Å². The van der Waals surface area contributed by atoms with Gasteiger partial charge in [-0.05, 0) is 63.1 Å². The van der Waals surface area contributed by atoms with Crippen LogP contribution in [0.25, 0.3) is 0 Å². The number of esters is 1. The minimum absolute atomic E-state index is 0.0105. The zero-order chi connectivity index (χ0) is 35.8. The highest BCUT2D eigenvalue weighted by molar-refractivity contribution is 6.01. The van der Waals surface area contributed by atoms with Crippen molar-refractivity contribution >= 4 is 29.2 Å². The third kappa shape index (κ3) is 8.89. The first-order valence-corrected chi connectivity index (χ1v) is 16.4. The van der Waals surface area contributed by atoms with Gasteiger partial charge < -0.3 is 34.5 Å². The Labute approximate surface area is 286 Å². The molecule has 2 aliphatic heterocycles. The summed E-state index contributed by atoms with van der Waals surface area (Å²) in [6.45, 7) is 14.4. The van der Waals surface area contributed by atoms with Crippen molar-refractivity contribution in [3.8, 4) is 17.2 Å². The Hall–Kier alpha value is -5.07. The fourth-order valence-corrected chi connectivity index (χ4v) is 6.20. The highest BCUT2D eigenvalue weighted by Crippen LogP contribution is 2.36. The number of anilines is 1. The molecule has 2 amide bonds. The SMILES string of the molecule is C=C1C[C@@H](CC)N(C(=O)c2cc(OC)c(OCCCCCOc3cc([N+](=O)[O-])c(C(=O)N4CC(=C)C[C@H]4COC(C)=O)cc3C)cc2N)C1. The van der Waals surface area contributed by atoms with E-state index in [1.807, 2.05) is 6.92 Å². The lowest BCUT2D eigenvalue weighted by molar-refractivity contribution is -0.385. The van der Waals surface area contributed by atoms with Crippen LogP contribution in [0.2, 0.25) is 0 Å². The molecule has 2 saturated heterocycles. The summed E-state index contributed by atoms with van der Waals surface area (Å²) in [5, 5.41) is 12.0. The molecular formula is C36H46N4O9. The Morgan fingerprint density at radius 3 is 2.08 bits per heavy atom. The first kappa shape index (κ1) is 36.8. The number of hydrogen-bond donors (Lipinski definition) is 1. The Balaban J connectivity index is 1.30. The van der Waals surface area contributed by atoms with Crippen molar-refractivity contribution in [1.29, 1.82) is 0 Å². The number of benzene rings is 2. The molecule has 0 aromatic heterocycles. The van der Waals surface area contributed by atoms with E-state index in [0.717, 1.165) is 30.4 Å². The Morgan fingerprint density at radius 1 is 0.898 bits per heavy atom. The molecule has 4 rings (SSSR count). The number of rotatable bonds is 15. The summed E-state index contributed by atoms with van der Waals surface area (Å²) in [5.41, 5.74) is 8.93. The molecule has 0 spiro atoms. The molecule has 2 aliphatic rings. The molecule has 2 atom stereocenters. The molecule has 13 heteroatoms. The number of carbonyl (C=O) groups excluding carboxylic acids is 3. The standard InChI is InChI=1S/C36H46N4O9/c1-7-26-13-22(2)19-38(26)35(42)28-16-33(46-6)34(17-30(28)37)48-12-10-8-9-11-47-32-18-31(40(44)45)29(15-24(32)4)36(43)39-20-23(3)14-27(39)21-49-25(5)41/h15-18,26-27H,2-3,7-14,19-21,37H2,1,4-6H3/t26-,27+/m1/s1. The smallest absolute Gasteiger partial charge is 0.302 e. The molecule has 0 aliphatic carbocycles. The average Bonchev–Trinajstić information content (AvgIpc) is 3.64. The zero-order valence-electron chi connectivity index (χ0n) is 28.7. The molecule has 0 radical (unpaired) electrons. The van der Waals surface area contributed by atoms with Gasteiger partial charge in [0.05, 0.1) is 42.9 Å². The maximum atomic E-state index is 13.4. The molecule has 0 bridgehead atoms. The Bertz CT molecular complexity index is 1620. The topological polar surface area (TPSA) is 164 Å². The fourth-order valence-electron chi connectivity index (χ4n) is 6.20. The average molecular weight is 679 g/mol. The van der Waals surface area contributed by atoms with E-state index in [1.54, 1.807) is 24.0 Å². The lowest BCUT2D eigenvalue weighted by Gasteiger charge is -2.24. The van der Waals surface area contributed by atoms with Crippen LogP contribution in [-0.4, -0.2) is 84.6 Å². The summed E-state index contributed by atoms with van der Waals surface area (Å²) >= 11 is 0. The van der Waals surface area contributed by atoms with Gasteiger partial charge >= 0.3 is 5.97 Å². The number of methoxy groups -OCH3 is 1. The summed E-state index contributed by atoms with van der Waals surface area (Å²) in [6.07, 6.45) is 4.14. The number of carbonyl (C=O) groups is 3. The molecule has 2 heterocycles. The van der Waals surface area contributed by atoms with E-state index >= 15 is 0 Å². The number of hydrogen-bond acceptors (Lipinski definition) is 10. The third-order valence-electron chi connectivity index (χ3n) is 8.78. The summed E-state index contributed by atoms with van der Waals surface area (Å²) in [4.78, 5) is 52.7. The summed E-state index contributed by atoms with van der Waals surface area (Å²) in [6, 6.07) is 5.65. The third-order valence-corrected chi connectivity index (χ3v) is 8.78. The molecule has 0 saturated carbocycles. The number of likely N-dealkylation sites (tertiary alicyclic amines) is 2. The molecule has 49 heavy (non-hydrogen) atoms. The van der Waals surface area contributed by atoms with Crippen LogP contribution >= 0.6 is 0 Å². The van der Waals surface area contributed by atoms with Gasteiger partial charge in [-0.1, -0.05) is 31.2 Å². The van der Waals surface area contributed by atoms with E-state index in [-0.39, 0.29) is 36.4 Å². The predicted molar refractivity (Wildman–Crippen MR) is 184 cm³/mol. The van der Waals surface area contributed by atoms with Crippen LogP contribution in [-0.2, 0) is 9.53 Å². The Kier molecular flexibility index (Phi) is 12.3. The maximum absolute atomic E-state index is 13.4. The number of nitrogens with two attached hydrogens (primary N) is 1. The van der Waals surface area contributed by atoms with E-state index in [4.69, 9.17) is 24.7 Å². The summed E-state index contributed by atoms with van der Waals surface area (Å²) < 4.78 is 22.4. The van der Waals surface area contributed by atoms with Gasteiger partial charge in [0.2, 0.25) is 0 Å². The Morgan fingerprint density at radius 2 is 1.49 bits per heavy atom. The van der Waals surface area contributed by atoms with Gasteiger partial charge in [0, 0.05) is 37.8 Å². The van der Waals surface area contributed by atoms with Crippen LogP contribution < -0.4 is 19.9 Å². The molecule has 13 nitrogen and oxygen atoms in total. The number of nitrogen functional groups attached to an aromatic ring is 1. The lowest BCUT2D eigenvalue weighted by atomic mass is 10.1. The van der Waals surface area contributed by atoms with Crippen molar-refractivity contribution in [2.75, 3.05) is 45.8 Å². The quantitative estimate of drug-likeness (QED) is 0.0623. The van der Waals surface area contributed by atoms with Crippen molar-refractivity contribution in [1.82, 2.24) is 9.80 Å². The van der Waals surface area contributed by atoms with Crippen molar-refractivity contribution in [2.24, 2.45) is 0 Å². The normalized spacial score (nSPS) is 17.3. The van der Waals surface area contributed by atoms with Crippen LogP contribution in [0.3, 0.4) is 0 Å². The zero-order valence-corrected chi connectivity index (χ0v) is 28.7. The maximum Gasteiger partial charge on any atom is 0.302 e. The van der Waals surface area contributed by atoms with Gasteiger partial charge in [0.15, 0.2) is 11.5 Å². The summed E-state index contributed by atoms with van der Waals surface area (Å²) in [7, 11) is 1.51. The second kappa shape index (κ2) is 16.4. The molecular weight excluding hydrogens is 632 g/mol. The first-order chi connectivity index (χ1) is 23.3. The van der Waals surface area contributed by atoms with Gasteiger partial charge in [0.1, 0.15) is 17.9 Å². The van der Waals surface area contributed by atoms with Gasteiger partial charge in [0.25, 0.3) is 17.5 Å². The second-order valence-corrected chi connectivity index (χ2v) is 12.5. The summed E-state index contributed by atoms with van der Waals surface area (Å²) in [5.74, 6) is 0.0255. The number of nitro groups is 1. The number of unbranched alkanes of at least 4 members (excludes halogenated alkanes) is 2. The van der Waals surface area contributed by atoms with Crippen molar-refractivity contribution in [3.63, 3.8) is 0 Å². The molecule has 0 unspecified atom stereocenters. The van der Waals surface area contributed by atoms with E-state index in [1.165, 1.54) is 31.1 Å². The van der Waals surface area contributed by atoms with Crippen LogP contribution in [0, 0.1) is 17.0 Å². The van der Waals surface area contributed by atoms with Crippen LogP contribution in [0.5, 0.6) is 17.2 Å². The van der Waals surface area contributed by atoms with E-state index in [0.29, 0.717) is 73.1 Å². The second-order valence-electron chi connectivity index (χ2n) is 12.5. The molecule has 2 N–H and O–H groups in total. The molecule has 2 fully saturated rings. The van der Waals surface area contributed by atoms with Crippen molar-refractivity contribution < 1.29 is 38.3 Å². The largest absolute Gasteiger partial charge is 0.493 e. The number of ether oxygens (including phenoxy) is 4. The minimum atomic E-state index is -0.600. The van der Waals surface area contributed by atoms with Gasteiger partial charge in [-0.2, -0.15) is 0 Å². The number of aryl methyl sites for hydroxylation is 1. The van der Waals surface area contributed by atoms with Crippen LogP contribution in [0.4, 0.5) is 11.4 Å². The van der Waals surface area contributed by atoms with Crippen LogP contribution in [0.1, 0.15) is 78.7 Å². The minimum Gasteiger partial charge on any atom is -0.493 e. The van der Waals surface area contributed by atoms with E-state index in [9.17, 15) is 24.5 Å². The molecule has 2 aromatic carbocycles. The van der Waals surface area contributed by atoms with Gasteiger partial charge in [-0.15, -0.1) is 0 Å². The first-order valence-electron chi connectivity index (χ1n) is 16.4. The fraction of sp³-hybridized carbons (Fsp3) is 0.472. The van der Waals surface area contributed by atoms with Gasteiger partial charge in [-0.25, -0.2) is 0 Å². The number of nitro benzene ring substituents is 1. The highest BCUT2D eigenvalue weighted by Gasteiger charge is 2.36. The van der Waals surface area contributed by atoms with E-state index in [2.05, 4.69) is 13.2 Å². The molecule has 264 valence electrons. The van der Waals surface area contributed by atoms with Crippen molar-refractivity contribution in [3.05, 3.63) is 75.4 Å².